The van der Waals surface area contributed by atoms with Crippen molar-refractivity contribution < 1.29 is 19.3 Å². The number of aromatic nitrogens is 6. The molecule has 4 atom stereocenters. The van der Waals surface area contributed by atoms with Gasteiger partial charge in [-0.15, -0.1) is 10.2 Å². The van der Waals surface area contributed by atoms with Crippen LogP contribution in [0, 0.1) is 0 Å². The summed E-state index contributed by atoms with van der Waals surface area (Å²) in [5, 5.41) is 23.7. The number of nitrogens with zero attached hydrogens (tertiary/aromatic N) is 8. The SMILES string of the molecule is CC(O)C(C)n1ncn(-c2ccc(N3CCN(c4ccc(OC[C@@H]5CO[C@@](CSc6nncn6C)(c6ccc(Cl)cc6)O5)cc4)CC3)cc2)c1=O. The van der Waals surface area contributed by atoms with Crippen molar-refractivity contribution >= 4 is 34.7 Å². The lowest BCUT2D eigenvalue weighted by molar-refractivity contribution is -0.160. The van der Waals surface area contributed by atoms with E-state index >= 15 is 0 Å². The van der Waals surface area contributed by atoms with Crippen LogP contribution in [0.2, 0.25) is 5.02 Å². The molecule has 0 saturated carbocycles. The Hall–Kier alpha value is -4.34. The maximum atomic E-state index is 12.8. The molecule has 4 heterocycles. The molecule has 0 bridgehead atoms. The highest BCUT2D eigenvalue weighted by atomic mass is 35.5. The Morgan fingerprint density at radius 1 is 0.941 bits per heavy atom. The third-order valence-electron chi connectivity index (χ3n) is 9.39. The number of piperazine rings is 1. The summed E-state index contributed by atoms with van der Waals surface area (Å²) < 4.78 is 23.7. The Morgan fingerprint density at radius 3 is 2.18 bits per heavy atom. The van der Waals surface area contributed by atoms with Gasteiger partial charge in [0.2, 0.25) is 5.79 Å². The van der Waals surface area contributed by atoms with Crippen molar-refractivity contribution in [1.82, 2.24) is 29.1 Å². The highest BCUT2D eigenvalue weighted by Crippen LogP contribution is 2.39. The number of aliphatic hydroxyl groups excluding tert-OH is 1. The van der Waals surface area contributed by atoms with Crippen LogP contribution in [-0.2, 0) is 22.3 Å². The van der Waals surface area contributed by atoms with Gasteiger partial charge in [0.05, 0.1) is 30.2 Å². The number of rotatable bonds is 12. The van der Waals surface area contributed by atoms with Crippen LogP contribution in [-0.4, -0.2) is 91.6 Å². The zero-order valence-electron chi connectivity index (χ0n) is 28.7. The molecular weight excluding hydrogens is 692 g/mol. The largest absolute Gasteiger partial charge is 0.491 e. The van der Waals surface area contributed by atoms with Gasteiger partial charge >= 0.3 is 5.69 Å². The van der Waals surface area contributed by atoms with Crippen LogP contribution in [0.5, 0.6) is 5.75 Å². The Balaban J connectivity index is 0.912. The molecule has 2 aromatic heterocycles. The van der Waals surface area contributed by atoms with Crippen molar-refractivity contribution in [2.45, 2.75) is 43.0 Å². The molecule has 3 aromatic carbocycles. The summed E-state index contributed by atoms with van der Waals surface area (Å²) in [7, 11) is 1.91. The number of hydrogen-bond acceptors (Lipinski definition) is 11. The predicted molar refractivity (Wildman–Crippen MR) is 196 cm³/mol. The molecular formula is C36H41ClN8O5S. The number of benzene rings is 3. The van der Waals surface area contributed by atoms with E-state index in [1.807, 2.05) is 72.3 Å². The maximum Gasteiger partial charge on any atom is 0.350 e. The van der Waals surface area contributed by atoms with Gasteiger partial charge in [0.15, 0.2) is 5.16 Å². The molecule has 7 rings (SSSR count). The van der Waals surface area contributed by atoms with E-state index in [4.69, 9.17) is 25.8 Å². The number of aryl methyl sites for hydroxylation is 1. The van der Waals surface area contributed by atoms with Gasteiger partial charge in [-0.1, -0.05) is 35.5 Å². The molecule has 2 saturated heterocycles. The molecule has 2 fully saturated rings. The summed E-state index contributed by atoms with van der Waals surface area (Å²) in [6.45, 7) is 7.63. The van der Waals surface area contributed by atoms with E-state index in [9.17, 15) is 9.90 Å². The van der Waals surface area contributed by atoms with E-state index in [1.165, 1.54) is 27.3 Å². The summed E-state index contributed by atoms with van der Waals surface area (Å²) in [4.78, 5) is 17.6. The molecule has 15 heteroatoms. The second-order valence-electron chi connectivity index (χ2n) is 12.8. The molecule has 1 N–H and O–H groups in total. The van der Waals surface area contributed by atoms with E-state index in [1.54, 1.807) is 20.2 Å². The molecule has 0 amide bonds. The normalized spacial score (nSPS) is 20.5. The van der Waals surface area contributed by atoms with Crippen LogP contribution in [0.1, 0.15) is 25.5 Å². The summed E-state index contributed by atoms with van der Waals surface area (Å²) in [5.74, 6) is 0.290. The number of ether oxygens (including phenoxy) is 3. The van der Waals surface area contributed by atoms with Crippen molar-refractivity contribution in [2.75, 3.05) is 54.9 Å². The lowest BCUT2D eigenvalue weighted by Crippen LogP contribution is -2.46. The third kappa shape index (κ3) is 7.65. The average molecular weight is 733 g/mol. The van der Waals surface area contributed by atoms with Crippen molar-refractivity contribution in [1.29, 1.82) is 0 Å². The molecule has 2 aliphatic rings. The topological polar surface area (TPSA) is 125 Å². The fraction of sp³-hybridized carbons (Fsp3) is 0.389. The molecule has 0 spiro atoms. The van der Waals surface area contributed by atoms with Crippen LogP contribution < -0.4 is 20.2 Å². The van der Waals surface area contributed by atoms with Crippen LogP contribution in [0.3, 0.4) is 0 Å². The van der Waals surface area contributed by atoms with Crippen LogP contribution in [0.4, 0.5) is 11.4 Å². The van der Waals surface area contributed by atoms with E-state index in [0.717, 1.165) is 59.7 Å². The Morgan fingerprint density at radius 2 is 1.57 bits per heavy atom. The molecule has 0 aliphatic carbocycles. The quantitative estimate of drug-likeness (QED) is 0.182. The van der Waals surface area contributed by atoms with Crippen LogP contribution in [0.15, 0.2) is 95.4 Å². The second kappa shape index (κ2) is 15.1. The van der Waals surface area contributed by atoms with Crippen molar-refractivity contribution in [2.24, 2.45) is 7.05 Å². The summed E-state index contributed by atoms with van der Waals surface area (Å²) >= 11 is 7.69. The van der Waals surface area contributed by atoms with Crippen molar-refractivity contribution in [3.8, 4) is 11.4 Å². The van der Waals surface area contributed by atoms with Gasteiger partial charge in [-0.25, -0.2) is 14.0 Å². The van der Waals surface area contributed by atoms with E-state index < -0.39 is 17.9 Å². The number of halogens is 1. The molecule has 0 radical (unpaired) electrons. The van der Waals surface area contributed by atoms with Crippen LogP contribution >= 0.6 is 23.4 Å². The van der Waals surface area contributed by atoms with Crippen molar-refractivity contribution in [3.63, 3.8) is 0 Å². The first kappa shape index (κ1) is 35.1. The van der Waals surface area contributed by atoms with Gasteiger partial charge in [0, 0.05) is 55.2 Å². The van der Waals surface area contributed by atoms with Gasteiger partial charge < -0.3 is 33.7 Å². The van der Waals surface area contributed by atoms with Crippen LogP contribution in [0.25, 0.3) is 5.69 Å². The highest BCUT2D eigenvalue weighted by molar-refractivity contribution is 7.99. The first-order valence-corrected chi connectivity index (χ1v) is 18.3. The maximum absolute atomic E-state index is 12.8. The average Bonchev–Trinajstić information content (AvgIpc) is 3.88. The summed E-state index contributed by atoms with van der Waals surface area (Å²) in [6, 6.07) is 23.3. The fourth-order valence-electron chi connectivity index (χ4n) is 6.19. The second-order valence-corrected chi connectivity index (χ2v) is 14.2. The first-order valence-electron chi connectivity index (χ1n) is 16.9. The van der Waals surface area contributed by atoms with E-state index in [0.29, 0.717) is 24.0 Å². The summed E-state index contributed by atoms with van der Waals surface area (Å²) in [5.41, 5.74) is 3.59. The molecule has 13 nitrogen and oxygen atoms in total. The minimum absolute atomic E-state index is 0.264. The number of thioether (sulfide) groups is 1. The number of hydrogen-bond donors (Lipinski definition) is 1. The lowest BCUT2D eigenvalue weighted by Gasteiger charge is -2.37. The summed E-state index contributed by atoms with van der Waals surface area (Å²) in [6.07, 6.45) is 2.23. The molecule has 2 unspecified atom stereocenters. The van der Waals surface area contributed by atoms with Gasteiger partial charge in [-0.3, -0.25) is 0 Å². The van der Waals surface area contributed by atoms with Gasteiger partial charge in [-0.05, 0) is 74.5 Å². The minimum atomic E-state index is -0.967. The van der Waals surface area contributed by atoms with Gasteiger partial charge in [0.1, 0.15) is 31.1 Å². The standard InChI is InChI=1S/C36H41ClN8O5S/c1-25(26(2)46)45-35(47)44(24-39-45)31-10-8-29(9-11-31)42-16-18-43(19-17-42)30-12-14-32(15-13-30)48-20-33-21-49-36(50-33,27-4-6-28(37)7-5-27)22-51-34-40-38-23-41(34)3/h4-15,23-26,33,46H,16-22H2,1-3H3/t25?,26?,33-,36-/m1/s1. The molecule has 268 valence electrons. The third-order valence-corrected chi connectivity index (χ3v) is 10.8. The highest BCUT2D eigenvalue weighted by Gasteiger charge is 2.44. The molecule has 2 aliphatic heterocycles. The first-order chi connectivity index (χ1) is 24.7. The monoisotopic (exact) mass is 732 g/mol. The predicted octanol–water partition coefficient (Wildman–Crippen LogP) is 4.52. The smallest absolute Gasteiger partial charge is 0.350 e. The number of anilines is 2. The van der Waals surface area contributed by atoms with Gasteiger partial charge in [-0.2, -0.15) is 5.10 Å². The Labute approximate surface area is 305 Å². The Kier molecular flexibility index (Phi) is 10.4. The van der Waals surface area contributed by atoms with Crippen molar-refractivity contribution in [3.05, 3.63) is 107 Å². The minimum Gasteiger partial charge on any atom is -0.491 e. The molecule has 51 heavy (non-hydrogen) atoms. The Bertz CT molecular complexity index is 1960. The zero-order valence-corrected chi connectivity index (χ0v) is 30.3. The molecule has 5 aromatic rings. The number of aliphatic hydroxyl groups is 1. The fourth-order valence-corrected chi connectivity index (χ4v) is 7.31. The van der Waals surface area contributed by atoms with E-state index in [-0.39, 0.29) is 11.8 Å². The lowest BCUT2D eigenvalue weighted by atomic mass is 10.1. The van der Waals surface area contributed by atoms with Gasteiger partial charge in [0.25, 0.3) is 0 Å². The zero-order chi connectivity index (χ0) is 35.5. The van der Waals surface area contributed by atoms with E-state index in [2.05, 4.69) is 37.2 Å².